The summed E-state index contributed by atoms with van der Waals surface area (Å²) in [6.45, 7) is -1.28. The molecule has 0 aliphatic rings. The van der Waals surface area contributed by atoms with Gasteiger partial charge in [0.25, 0.3) is 0 Å². The second-order valence-electron chi connectivity index (χ2n) is 3.88. The number of hydrogen-bond acceptors (Lipinski definition) is 4. The van der Waals surface area contributed by atoms with Gasteiger partial charge >= 0.3 is 6.18 Å². The SMILES string of the molecule is OC(NCC(F)(F)F)c1coc(-c2cccnc2)c1. The molecule has 0 saturated carbocycles. The summed E-state index contributed by atoms with van der Waals surface area (Å²) >= 11 is 0. The van der Waals surface area contributed by atoms with E-state index >= 15 is 0 Å². The summed E-state index contributed by atoms with van der Waals surface area (Å²) in [7, 11) is 0. The molecule has 1 atom stereocenters. The number of aliphatic hydroxyl groups is 1. The summed E-state index contributed by atoms with van der Waals surface area (Å²) in [4.78, 5) is 3.90. The highest BCUT2D eigenvalue weighted by atomic mass is 19.4. The molecule has 7 heteroatoms. The van der Waals surface area contributed by atoms with E-state index in [1.165, 1.54) is 12.3 Å². The largest absolute Gasteiger partial charge is 0.464 e. The van der Waals surface area contributed by atoms with Crippen molar-refractivity contribution in [1.29, 1.82) is 0 Å². The number of aliphatic hydroxyl groups excluding tert-OH is 1. The summed E-state index contributed by atoms with van der Waals surface area (Å²) in [6, 6.07) is 4.91. The van der Waals surface area contributed by atoms with Crippen molar-refractivity contribution in [2.45, 2.75) is 12.4 Å². The molecule has 0 bridgehead atoms. The van der Waals surface area contributed by atoms with Gasteiger partial charge in [0.05, 0.1) is 12.8 Å². The van der Waals surface area contributed by atoms with E-state index in [9.17, 15) is 18.3 Å². The van der Waals surface area contributed by atoms with Crippen LogP contribution in [0.5, 0.6) is 0 Å². The van der Waals surface area contributed by atoms with E-state index in [1.54, 1.807) is 24.5 Å². The number of nitrogens with zero attached hydrogens (tertiary/aromatic N) is 1. The van der Waals surface area contributed by atoms with Crippen molar-refractivity contribution in [3.05, 3.63) is 42.4 Å². The fraction of sp³-hybridized carbons (Fsp3) is 0.250. The van der Waals surface area contributed by atoms with Crippen molar-refractivity contribution in [1.82, 2.24) is 10.3 Å². The normalized spacial score (nSPS) is 13.5. The molecule has 0 saturated heterocycles. The van der Waals surface area contributed by atoms with Crippen LogP contribution < -0.4 is 5.32 Å². The van der Waals surface area contributed by atoms with Crippen LogP contribution in [0, 0.1) is 0 Å². The van der Waals surface area contributed by atoms with Crippen molar-refractivity contribution in [2.75, 3.05) is 6.54 Å². The lowest BCUT2D eigenvalue weighted by molar-refractivity contribution is -0.131. The van der Waals surface area contributed by atoms with E-state index in [-0.39, 0.29) is 5.56 Å². The Morgan fingerprint density at radius 3 is 2.84 bits per heavy atom. The molecule has 0 amide bonds. The molecule has 1 unspecified atom stereocenters. The van der Waals surface area contributed by atoms with Crippen LogP contribution in [0.15, 0.2) is 41.3 Å². The minimum atomic E-state index is -4.38. The van der Waals surface area contributed by atoms with Crippen molar-refractivity contribution in [2.24, 2.45) is 0 Å². The molecule has 2 heterocycles. The van der Waals surface area contributed by atoms with Crippen molar-refractivity contribution in [3.63, 3.8) is 0 Å². The number of alkyl halides is 3. The zero-order chi connectivity index (χ0) is 13.9. The lowest BCUT2D eigenvalue weighted by Crippen LogP contribution is -2.31. The number of nitrogens with one attached hydrogen (secondary N) is 1. The Bertz CT molecular complexity index is 525. The molecule has 0 aromatic carbocycles. The maximum atomic E-state index is 12.0. The molecule has 2 rings (SSSR count). The van der Waals surface area contributed by atoms with Crippen molar-refractivity contribution >= 4 is 0 Å². The van der Waals surface area contributed by atoms with Crippen molar-refractivity contribution in [3.8, 4) is 11.3 Å². The van der Waals surface area contributed by atoms with Crippen LogP contribution >= 0.6 is 0 Å². The second kappa shape index (κ2) is 5.41. The van der Waals surface area contributed by atoms with E-state index in [0.717, 1.165) is 0 Å². The van der Waals surface area contributed by atoms with Gasteiger partial charge in [0, 0.05) is 23.5 Å². The Morgan fingerprint density at radius 1 is 1.42 bits per heavy atom. The Hall–Kier alpha value is -1.86. The molecular weight excluding hydrogens is 261 g/mol. The third kappa shape index (κ3) is 3.80. The standard InChI is InChI=1S/C12H11F3N2O2/c13-12(14,15)7-17-11(18)9-4-10(19-6-9)8-2-1-3-16-5-8/h1-6,11,17-18H,7H2. The minimum absolute atomic E-state index is 0.225. The van der Waals surface area contributed by atoms with Crippen LogP contribution in [-0.2, 0) is 0 Å². The van der Waals surface area contributed by atoms with E-state index in [4.69, 9.17) is 4.42 Å². The molecule has 0 aliphatic heterocycles. The maximum Gasteiger partial charge on any atom is 0.401 e. The molecule has 2 aromatic rings. The summed E-state index contributed by atoms with van der Waals surface area (Å²) in [6.07, 6.45) is -1.46. The number of halogens is 3. The van der Waals surface area contributed by atoms with Gasteiger partial charge in [-0.3, -0.25) is 10.3 Å². The van der Waals surface area contributed by atoms with Gasteiger partial charge in [0.1, 0.15) is 12.0 Å². The number of pyridine rings is 1. The van der Waals surface area contributed by atoms with Gasteiger partial charge in [-0.2, -0.15) is 13.2 Å². The lowest BCUT2D eigenvalue weighted by atomic mass is 10.2. The first-order chi connectivity index (χ1) is 8.96. The predicted octanol–water partition coefficient (Wildman–Crippen LogP) is 2.48. The Balaban J connectivity index is 2.05. The average Bonchev–Trinajstić information content (AvgIpc) is 2.86. The summed E-state index contributed by atoms with van der Waals surface area (Å²) in [5.41, 5.74) is 0.903. The minimum Gasteiger partial charge on any atom is -0.464 e. The summed E-state index contributed by atoms with van der Waals surface area (Å²) in [5, 5.41) is 11.5. The number of hydrogen-bond donors (Lipinski definition) is 2. The molecule has 102 valence electrons. The Kier molecular flexibility index (Phi) is 3.87. The monoisotopic (exact) mass is 272 g/mol. The van der Waals surface area contributed by atoms with Crippen LogP contribution in [0.25, 0.3) is 11.3 Å². The van der Waals surface area contributed by atoms with E-state index in [0.29, 0.717) is 11.3 Å². The van der Waals surface area contributed by atoms with Gasteiger partial charge in [-0.1, -0.05) is 0 Å². The summed E-state index contributed by atoms with van der Waals surface area (Å²) < 4.78 is 41.2. The Labute approximate surface area is 106 Å². The number of furan rings is 1. The third-order valence-electron chi connectivity index (χ3n) is 2.38. The van der Waals surface area contributed by atoms with E-state index in [2.05, 4.69) is 4.98 Å². The van der Waals surface area contributed by atoms with Gasteiger partial charge in [0.2, 0.25) is 0 Å². The maximum absolute atomic E-state index is 12.0. The van der Waals surface area contributed by atoms with Gasteiger partial charge in [0.15, 0.2) is 0 Å². The van der Waals surface area contributed by atoms with Crippen molar-refractivity contribution < 1.29 is 22.7 Å². The molecular formula is C12H11F3N2O2. The zero-order valence-corrected chi connectivity index (χ0v) is 9.69. The van der Waals surface area contributed by atoms with Crippen LogP contribution in [0.3, 0.4) is 0 Å². The fourth-order valence-corrected chi connectivity index (χ4v) is 1.48. The molecule has 2 N–H and O–H groups in total. The average molecular weight is 272 g/mol. The lowest BCUT2D eigenvalue weighted by Gasteiger charge is -2.12. The fourth-order valence-electron chi connectivity index (χ4n) is 1.48. The topological polar surface area (TPSA) is 58.3 Å². The molecule has 0 aliphatic carbocycles. The zero-order valence-electron chi connectivity index (χ0n) is 9.69. The quantitative estimate of drug-likeness (QED) is 0.839. The van der Waals surface area contributed by atoms with E-state index in [1.807, 2.05) is 5.32 Å². The second-order valence-corrected chi connectivity index (χ2v) is 3.88. The third-order valence-corrected chi connectivity index (χ3v) is 2.38. The van der Waals surface area contributed by atoms with Gasteiger partial charge in [-0.05, 0) is 18.2 Å². The van der Waals surface area contributed by atoms with Crippen LogP contribution in [0.2, 0.25) is 0 Å². The highest BCUT2D eigenvalue weighted by molar-refractivity contribution is 5.56. The number of aromatic nitrogens is 1. The molecule has 4 nitrogen and oxygen atoms in total. The number of rotatable bonds is 4. The first-order valence-corrected chi connectivity index (χ1v) is 5.43. The van der Waals surface area contributed by atoms with Gasteiger partial charge in [-0.25, -0.2) is 0 Å². The van der Waals surface area contributed by atoms with E-state index < -0.39 is 18.9 Å². The molecule has 19 heavy (non-hydrogen) atoms. The van der Waals surface area contributed by atoms with Crippen LogP contribution in [0.4, 0.5) is 13.2 Å². The Morgan fingerprint density at radius 2 is 2.21 bits per heavy atom. The van der Waals surface area contributed by atoms with Gasteiger partial charge < -0.3 is 9.52 Å². The molecule has 2 aromatic heterocycles. The molecule has 0 spiro atoms. The van der Waals surface area contributed by atoms with Crippen LogP contribution in [-0.4, -0.2) is 22.8 Å². The first-order valence-electron chi connectivity index (χ1n) is 5.43. The highest BCUT2D eigenvalue weighted by Gasteiger charge is 2.28. The highest BCUT2D eigenvalue weighted by Crippen LogP contribution is 2.24. The van der Waals surface area contributed by atoms with Crippen LogP contribution in [0.1, 0.15) is 11.8 Å². The first kappa shape index (κ1) is 13.6. The molecule has 0 fully saturated rings. The smallest absolute Gasteiger partial charge is 0.401 e. The van der Waals surface area contributed by atoms with Gasteiger partial charge in [-0.15, -0.1) is 0 Å². The summed E-state index contributed by atoms with van der Waals surface area (Å²) in [5.74, 6) is 0.427. The predicted molar refractivity (Wildman–Crippen MR) is 61.0 cm³/mol. The molecule has 0 radical (unpaired) electrons.